The van der Waals surface area contributed by atoms with Gasteiger partial charge in [0, 0.05) is 6.54 Å². The number of aryl methyl sites for hydroxylation is 2. The highest BCUT2D eigenvalue weighted by molar-refractivity contribution is 5.09. The molecule has 3 nitrogen and oxygen atoms in total. The highest BCUT2D eigenvalue weighted by atomic mass is 15.4. The number of hydrogen-bond acceptors (Lipinski definition) is 2. The molecular formula is C9H17N3. The van der Waals surface area contributed by atoms with Gasteiger partial charge in [0.25, 0.3) is 0 Å². The Morgan fingerprint density at radius 1 is 1.25 bits per heavy atom. The van der Waals surface area contributed by atoms with Crippen molar-refractivity contribution in [3.8, 4) is 0 Å². The summed E-state index contributed by atoms with van der Waals surface area (Å²) in [6.07, 6.45) is 3.24. The van der Waals surface area contributed by atoms with E-state index in [4.69, 9.17) is 0 Å². The smallest absolute Gasteiger partial charge is 0.0858 e. The topological polar surface area (TPSA) is 30.7 Å². The van der Waals surface area contributed by atoms with E-state index in [0.717, 1.165) is 25.8 Å². The molecular weight excluding hydrogens is 150 g/mol. The Labute approximate surface area is 73.8 Å². The van der Waals surface area contributed by atoms with E-state index in [2.05, 4.69) is 31.1 Å². The van der Waals surface area contributed by atoms with E-state index in [9.17, 15) is 0 Å². The Morgan fingerprint density at radius 2 is 2.00 bits per heavy atom. The van der Waals surface area contributed by atoms with Crippen molar-refractivity contribution in [2.75, 3.05) is 0 Å². The number of nitrogens with zero attached hydrogens (tertiary/aromatic N) is 3. The van der Waals surface area contributed by atoms with Gasteiger partial charge in [-0.3, -0.25) is 0 Å². The quantitative estimate of drug-likeness (QED) is 0.684. The molecule has 12 heavy (non-hydrogen) atoms. The normalized spacial score (nSPS) is 10.6. The zero-order valence-electron chi connectivity index (χ0n) is 8.17. The van der Waals surface area contributed by atoms with Crippen molar-refractivity contribution in [1.29, 1.82) is 0 Å². The Bertz CT molecular complexity index is 240. The maximum atomic E-state index is 4.16. The van der Waals surface area contributed by atoms with Crippen molar-refractivity contribution < 1.29 is 0 Å². The van der Waals surface area contributed by atoms with E-state index in [1.165, 1.54) is 11.4 Å². The average molecular weight is 167 g/mol. The standard InChI is InChI=1S/C9H17N3/c1-4-7-8-9(5-2)12(6-3)11-10-8/h4-7H2,1-3H3. The van der Waals surface area contributed by atoms with Crippen molar-refractivity contribution >= 4 is 0 Å². The van der Waals surface area contributed by atoms with Gasteiger partial charge in [-0.05, 0) is 19.8 Å². The van der Waals surface area contributed by atoms with Crippen molar-refractivity contribution in [2.45, 2.75) is 46.6 Å². The number of rotatable bonds is 4. The zero-order chi connectivity index (χ0) is 8.97. The molecule has 0 unspecified atom stereocenters. The molecule has 3 heteroatoms. The predicted octanol–water partition coefficient (Wildman–Crippen LogP) is 1.81. The molecule has 0 amide bonds. The molecule has 0 aliphatic heterocycles. The first-order chi connectivity index (χ1) is 5.83. The summed E-state index contributed by atoms with van der Waals surface area (Å²) in [6, 6.07) is 0. The molecule has 0 bridgehead atoms. The molecule has 1 aromatic heterocycles. The highest BCUT2D eigenvalue weighted by Gasteiger charge is 2.07. The molecule has 0 radical (unpaired) electrons. The average Bonchev–Trinajstić information content (AvgIpc) is 2.47. The first-order valence-corrected chi connectivity index (χ1v) is 4.74. The van der Waals surface area contributed by atoms with Crippen LogP contribution in [0.5, 0.6) is 0 Å². The second-order valence-corrected chi connectivity index (χ2v) is 2.90. The van der Waals surface area contributed by atoms with Gasteiger partial charge in [0.2, 0.25) is 0 Å². The third kappa shape index (κ3) is 1.65. The molecule has 0 saturated heterocycles. The maximum Gasteiger partial charge on any atom is 0.0858 e. The van der Waals surface area contributed by atoms with Gasteiger partial charge < -0.3 is 0 Å². The van der Waals surface area contributed by atoms with Gasteiger partial charge in [0.05, 0.1) is 11.4 Å². The van der Waals surface area contributed by atoms with Gasteiger partial charge in [-0.1, -0.05) is 25.5 Å². The zero-order valence-corrected chi connectivity index (χ0v) is 8.17. The van der Waals surface area contributed by atoms with Crippen LogP contribution in [0.15, 0.2) is 0 Å². The SMILES string of the molecule is CCCc1nnn(CC)c1CC. The van der Waals surface area contributed by atoms with Gasteiger partial charge in [-0.15, -0.1) is 5.10 Å². The molecule has 1 heterocycles. The molecule has 0 spiro atoms. The summed E-state index contributed by atoms with van der Waals surface area (Å²) in [7, 11) is 0. The second kappa shape index (κ2) is 4.24. The molecule has 1 aromatic rings. The first kappa shape index (κ1) is 9.23. The summed E-state index contributed by atoms with van der Waals surface area (Å²) in [5, 5.41) is 8.25. The minimum Gasteiger partial charge on any atom is -0.249 e. The van der Waals surface area contributed by atoms with Crippen molar-refractivity contribution in [3.63, 3.8) is 0 Å². The number of aromatic nitrogens is 3. The van der Waals surface area contributed by atoms with E-state index < -0.39 is 0 Å². The maximum absolute atomic E-state index is 4.16. The van der Waals surface area contributed by atoms with Crippen LogP contribution in [0.25, 0.3) is 0 Å². The summed E-state index contributed by atoms with van der Waals surface area (Å²) in [5.74, 6) is 0. The molecule has 68 valence electrons. The lowest BCUT2D eigenvalue weighted by Crippen LogP contribution is -2.02. The summed E-state index contributed by atoms with van der Waals surface area (Å²) < 4.78 is 1.99. The molecule has 0 aliphatic rings. The summed E-state index contributed by atoms with van der Waals surface area (Å²) >= 11 is 0. The van der Waals surface area contributed by atoms with Crippen LogP contribution >= 0.6 is 0 Å². The Hall–Kier alpha value is -0.860. The van der Waals surface area contributed by atoms with E-state index in [-0.39, 0.29) is 0 Å². The van der Waals surface area contributed by atoms with E-state index in [1.54, 1.807) is 0 Å². The minimum atomic E-state index is 0.930. The van der Waals surface area contributed by atoms with Gasteiger partial charge in [0.15, 0.2) is 0 Å². The van der Waals surface area contributed by atoms with Gasteiger partial charge in [-0.2, -0.15) is 0 Å². The molecule has 0 atom stereocenters. The molecule has 0 aliphatic carbocycles. The summed E-state index contributed by atoms with van der Waals surface area (Å²) in [4.78, 5) is 0. The van der Waals surface area contributed by atoms with Gasteiger partial charge >= 0.3 is 0 Å². The third-order valence-corrected chi connectivity index (χ3v) is 2.04. The number of hydrogen-bond donors (Lipinski definition) is 0. The van der Waals surface area contributed by atoms with Crippen LogP contribution in [0, 0.1) is 0 Å². The van der Waals surface area contributed by atoms with Crippen LogP contribution in [-0.2, 0) is 19.4 Å². The summed E-state index contributed by atoms with van der Waals surface area (Å²) in [5.41, 5.74) is 2.49. The molecule has 0 fully saturated rings. The Balaban J connectivity index is 2.88. The largest absolute Gasteiger partial charge is 0.249 e. The van der Waals surface area contributed by atoms with E-state index >= 15 is 0 Å². The predicted molar refractivity (Wildman–Crippen MR) is 49.1 cm³/mol. The minimum absolute atomic E-state index is 0.930. The van der Waals surface area contributed by atoms with Crippen LogP contribution in [0.2, 0.25) is 0 Å². The van der Waals surface area contributed by atoms with Crippen molar-refractivity contribution in [3.05, 3.63) is 11.4 Å². The fourth-order valence-electron chi connectivity index (χ4n) is 1.44. The lowest BCUT2D eigenvalue weighted by molar-refractivity contribution is 0.601. The molecule has 0 N–H and O–H groups in total. The molecule has 0 aromatic carbocycles. The lowest BCUT2D eigenvalue weighted by atomic mass is 10.2. The van der Waals surface area contributed by atoms with Crippen LogP contribution < -0.4 is 0 Å². The molecule has 0 saturated carbocycles. The second-order valence-electron chi connectivity index (χ2n) is 2.90. The van der Waals surface area contributed by atoms with Crippen LogP contribution in [-0.4, -0.2) is 15.0 Å². The van der Waals surface area contributed by atoms with Crippen LogP contribution in [0.3, 0.4) is 0 Å². The first-order valence-electron chi connectivity index (χ1n) is 4.74. The Morgan fingerprint density at radius 3 is 2.50 bits per heavy atom. The van der Waals surface area contributed by atoms with Crippen molar-refractivity contribution in [1.82, 2.24) is 15.0 Å². The monoisotopic (exact) mass is 167 g/mol. The molecule has 1 rings (SSSR count). The van der Waals surface area contributed by atoms with Crippen molar-refractivity contribution in [2.24, 2.45) is 0 Å². The Kier molecular flexibility index (Phi) is 3.26. The van der Waals surface area contributed by atoms with E-state index in [1.807, 2.05) is 4.68 Å². The summed E-state index contributed by atoms with van der Waals surface area (Å²) in [6.45, 7) is 7.36. The fraction of sp³-hybridized carbons (Fsp3) is 0.778. The van der Waals surface area contributed by atoms with Crippen LogP contribution in [0.1, 0.15) is 38.6 Å². The lowest BCUT2D eigenvalue weighted by Gasteiger charge is -2.01. The van der Waals surface area contributed by atoms with Gasteiger partial charge in [0.1, 0.15) is 0 Å². The van der Waals surface area contributed by atoms with Crippen LogP contribution in [0.4, 0.5) is 0 Å². The third-order valence-electron chi connectivity index (χ3n) is 2.04. The van der Waals surface area contributed by atoms with Gasteiger partial charge in [-0.25, -0.2) is 4.68 Å². The highest BCUT2D eigenvalue weighted by Crippen LogP contribution is 2.08. The fourth-order valence-corrected chi connectivity index (χ4v) is 1.44. The van der Waals surface area contributed by atoms with E-state index in [0.29, 0.717) is 0 Å².